The van der Waals surface area contributed by atoms with Gasteiger partial charge >= 0.3 is 0 Å². The zero-order chi connectivity index (χ0) is 13.7. The van der Waals surface area contributed by atoms with Crippen LogP contribution in [0.15, 0.2) is 0 Å². The first-order valence-corrected chi connectivity index (χ1v) is 6.65. The summed E-state index contributed by atoms with van der Waals surface area (Å²) in [5, 5.41) is 2.77. The van der Waals surface area contributed by atoms with Gasteiger partial charge in [-0.2, -0.15) is 0 Å². The first-order chi connectivity index (χ1) is 8.56. The maximum Gasteiger partial charge on any atom is 0.246 e. The van der Waals surface area contributed by atoms with Gasteiger partial charge in [0.05, 0.1) is 6.04 Å². The normalized spacial score (nSPS) is 25.6. The summed E-state index contributed by atoms with van der Waals surface area (Å²) in [6.07, 6.45) is 8.65. The number of hydrogen-bond acceptors (Lipinski definition) is 2. The van der Waals surface area contributed by atoms with Crippen molar-refractivity contribution in [2.45, 2.75) is 64.6 Å². The maximum absolute atomic E-state index is 12.4. The Labute approximate surface area is 109 Å². The van der Waals surface area contributed by atoms with Crippen LogP contribution in [0.3, 0.4) is 0 Å². The highest BCUT2D eigenvalue weighted by molar-refractivity contribution is 5.97. The van der Waals surface area contributed by atoms with Crippen LogP contribution in [0.1, 0.15) is 46.5 Å². The summed E-state index contributed by atoms with van der Waals surface area (Å²) >= 11 is 0. The van der Waals surface area contributed by atoms with Crippen LogP contribution < -0.4 is 5.32 Å². The lowest BCUT2D eigenvalue weighted by molar-refractivity contribution is -0.150. The van der Waals surface area contributed by atoms with E-state index in [4.69, 9.17) is 6.42 Å². The van der Waals surface area contributed by atoms with Crippen molar-refractivity contribution in [3.63, 3.8) is 0 Å². The zero-order valence-electron chi connectivity index (χ0n) is 11.4. The van der Waals surface area contributed by atoms with Gasteiger partial charge < -0.3 is 10.2 Å². The van der Waals surface area contributed by atoms with Gasteiger partial charge in [0.1, 0.15) is 12.1 Å². The van der Waals surface area contributed by atoms with Crippen LogP contribution >= 0.6 is 0 Å². The average molecular weight is 250 g/mol. The van der Waals surface area contributed by atoms with Crippen molar-refractivity contribution in [3.05, 3.63) is 0 Å². The highest BCUT2D eigenvalue weighted by atomic mass is 16.2. The molecule has 1 saturated heterocycles. The number of piperazine rings is 1. The van der Waals surface area contributed by atoms with Crippen molar-refractivity contribution < 1.29 is 9.59 Å². The molecule has 3 atom stereocenters. The van der Waals surface area contributed by atoms with Crippen molar-refractivity contribution in [3.8, 4) is 12.3 Å². The summed E-state index contributed by atoms with van der Waals surface area (Å²) in [7, 11) is 0. The van der Waals surface area contributed by atoms with Crippen LogP contribution in [-0.2, 0) is 9.59 Å². The van der Waals surface area contributed by atoms with E-state index in [-0.39, 0.29) is 17.9 Å². The van der Waals surface area contributed by atoms with Gasteiger partial charge in [-0.15, -0.1) is 6.42 Å². The van der Waals surface area contributed by atoms with Crippen molar-refractivity contribution in [1.29, 1.82) is 0 Å². The van der Waals surface area contributed by atoms with E-state index in [9.17, 15) is 9.59 Å². The summed E-state index contributed by atoms with van der Waals surface area (Å²) in [6, 6.07) is -1.16. The van der Waals surface area contributed by atoms with Gasteiger partial charge in [0.15, 0.2) is 0 Å². The standard InChI is InChI=1S/C14H22N2O2/c1-5-8-11(7-3)16-10(4)13(17)15-12(9-6-2)14(16)18/h3,10-12H,5-6,8-9H2,1-2,4H3,(H,15,17). The number of amides is 2. The average Bonchev–Trinajstić information content (AvgIpc) is 2.35. The van der Waals surface area contributed by atoms with E-state index in [1.807, 2.05) is 13.8 Å². The molecule has 4 nitrogen and oxygen atoms in total. The molecule has 0 saturated carbocycles. The topological polar surface area (TPSA) is 49.4 Å². The van der Waals surface area contributed by atoms with Gasteiger partial charge in [0.25, 0.3) is 0 Å². The summed E-state index contributed by atoms with van der Waals surface area (Å²) in [6.45, 7) is 5.74. The third-order valence-electron chi connectivity index (χ3n) is 3.33. The molecule has 1 N–H and O–H groups in total. The summed E-state index contributed by atoms with van der Waals surface area (Å²) in [4.78, 5) is 25.8. The molecule has 0 aromatic heterocycles. The van der Waals surface area contributed by atoms with Crippen LogP contribution in [0, 0.1) is 12.3 Å². The van der Waals surface area contributed by atoms with Crippen LogP contribution in [0.2, 0.25) is 0 Å². The lowest BCUT2D eigenvalue weighted by Gasteiger charge is -2.40. The number of carbonyl (C=O) groups excluding carboxylic acids is 2. The first kappa shape index (κ1) is 14.6. The predicted octanol–water partition coefficient (Wildman–Crippen LogP) is 1.30. The quantitative estimate of drug-likeness (QED) is 0.748. The second kappa shape index (κ2) is 6.44. The molecule has 1 aliphatic rings. The predicted molar refractivity (Wildman–Crippen MR) is 70.7 cm³/mol. The van der Waals surface area contributed by atoms with Crippen molar-refractivity contribution in [2.24, 2.45) is 0 Å². The van der Waals surface area contributed by atoms with E-state index in [0.717, 1.165) is 19.3 Å². The molecule has 100 valence electrons. The Bertz CT molecular complexity index is 359. The third-order valence-corrected chi connectivity index (χ3v) is 3.33. The summed E-state index contributed by atoms with van der Waals surface area (Å²) in [5.41, 5.74) is 0. The molecule has 1 rings (SSSR count). The minimum atomic E-state index is -0.474. The minimum absolute atomic E-state index is 0.0413. The van der Waals surface area contributed by atoms with Gasteiger partial charge in [-0.1, -0.05) is 32.6 Å². The molecule has 2 amide bonds. The van der Waals surface area contributed by atoms with E-state index < -0.39 is 12.1 Å². The SMILES string of the molecule is C#CC(CCC)N1C(=O)C(CCC)NC(=O)C1C. The van der Waals surface area contributed by atoms with E-state index in [0.29, 0.717) is 6.42 Å². The summed E-state index contributed by atoms with van der Waals surface area (Å²) < 4.78 is 0. The van der Waals surface area contributed by atoms with Crippen LogP contribution in [0.5, 0.6) is 0 Å². The van der Waals surface area contributed by atoms with E-state index in [1.54, 1.807) is 11.8 Å². The largest absolute Gasteiger partial charge is 0.343 e. The minimum Gasteiger partial charge on any atom is -0.343 e. The highest BCUT2D eigenvalue weighted by Gasteiger charge is 2.40. The molecule has 0 bridgehead atoms. The Morgan fingerprint density at radius 3 is 2.56 bits per heavy atom. The Balaban J connectivity index is 2.94. The number of rotatable bonds is 5. The van der Waals surface area contributed by atoms with Gasteiger partial charge in [0, 0.05) is 0 Å². The fourth-order valence-corrected chi connectivity index (χ4v) is 2.34. The molecular weight excluding hydrogens is 228 g/mol. The van der Waals surface area contributed by atoms with Crippen molar-refractivity contribution in [1.82, 2.24) is 10.2 Å². The molecule has 4 heteroatoms. The van der Waals surface area contributed by atoms with Gasteiger partial charge in [0.2, 0.25) is 11.8 Å². The van der Waals surface area contributed by atoms with E-state index >= 15 is 0 Å². The lowest BCUT2D eigenvalue weighted by Crippen LogP contribution is -2.64. The van der Waals surface area contributed by atoms with Crippen molar-refractivity contribution in [2.75, 3.05) is 0 Å². The Morgan fingerprint density at radius 2 is 2.06 bits per heavy atom. The smallest absolute Gasteiger partial charge is 0.246 e. The Hall–Kier alpha value is -1.50. The van der Waals surface area contributed by atoms with Gasteiger partial charge in [-0.3, -0.25) is 9.59 Å². The van der Waals surface area contributed by atoms with Crippen LogP contribution in [0.25, 0.3) is 0 Å². The maximum atomic E-state index is 12.4. The monoisotopic (exact) mass is 250 g/mol. The third kappa shape index (κ3) is 2.84. The molecular formula is C14H22N2O2. The van der Waals surface area contributed by atoms with Crippen molar-refractivity contribution >= 4 is 11.8 Å². The molecule has 0 spiro atoms. The van der Waals surface area contributed by atoms with E-state index in [2.05, 4.69) is 11.2 Å². The molecule has 3 unspecified atom stereocenters. The van der Waals surface area contributed by atoms with Gasteiger partial charge in [-0.05, 0) is 19.8 Å². The molecule has 1 heterocycles. The number of terminal acetylenes is 1. The molecule has 0 aliphatic carbocycles. The lowest BCUT2D eigenvalue weighted by atomic mass is 10.00. The molecule has 0 aromatic rings. The fraction of sp³-hybridized carbons (Fsp3) is 0.714. The molecule has 18 heavy (non-hydrogen) atoms. The summed E-state index contributed by atoms with van der Waals surface area (Å²) in [5.74, 6) is 2.49. The highest BCUT2D eigenvalue weighted by Crippen LogP contribution is 2.18. The molecule has 1 fully saturated rings. The number of nitrogens with one attached hydrogen (secondary N) is 1. The zero-order valence-corrected chi connectivity index (χ0v) is 11.4. The van der Waals surface area contributed by atoms with Crippen LogP contribution in [0.4, 0.5) is 0 Å². The molecule has 0 aromatic carbocycles. The number of hydrogen-bond donors (Lipinski definition) is 1. The molecule has 0 radical (unpaired) electrons. The Morgan fingerprint density at radius 1 is 1.39 bits per heavy atom. The number of carbonyl (C=O) groups is 2. The van der Waals surface area contributed by atoms with Crippen LogP contribution in [-0.4, -0.2) is 34.8 Å². The second-order valence-electron chi connectivity index (χ2n) is 4.74. The van der Waals surface area contributed by atoms with E-state index in [1.165, 1.54) is 0 Å². The fourth-order valence-electron chi connectivity index (χ4n) is 2.34. The first-order valence-electron chi connectivity index (χ1n) is 6.65. The molecule has 1 aliphatic heterocycles. The Kier molecular flexibility index (Phi) is 5.21. The second-order valence-corrected chi connectivity index (χ2v) is 4.74. The van der Waals surface area contributed by atoms with Gasteiger partial charge in [-0.25, -0.2) is 0 Å². The number of nitrogens with zero attached hydrogens (tertiary/aromatic N) is 1.